The van der Waals surface area contributed by atoms with Gasteiger partial charge in [0.2, 0.25) is 0 Å². The molecule has 1 aliphatic rings. The maximum absolute atomic E-state index is 12.7. The second-order valence-corrected chi connectivity index (χ2v) is 5.22. The molecule has 5 nitrogen and oxygen atoms in total. The molecule has 0 spiro atoms. The molecule has 1 saturated heterocycles. The van der Waals surface area contributed by atoms with Crippen LogP contribution in [0.1, 0.15) is 12.7 Å². The highest BCUT2D eigenvalue weighted by atomic mass is 19.4. The van der Waals surface area contributed by atoms with E-state index in [9.17, 15) is 13.2 Å². The number of alkyl halides is 3. The zero-order chi connectivity index (χ0) is 16.2. The van der Waals surface area contributed by atoms with Gasteiger partial charge in [0.15, 0.2) is 5.96 Å². The van der Waals surface area contributed by atoms with Crippen LogP contribution in [0.2, 0.25) is 0 Å². The second kappa shape index (κ2) is 7.04. The van der Waals surface area contributed by atoms with Gasteiger partial charge in [0.05, 0.1) is 12.8 Å². The number of piperazine rings is 1. The van der Waals surface area contributed by atoms with Crippen molar-refractivity contribution in [3.63, 3.8) is 0 Å². The third-order valence-corrected chi connectivity index (χ3v) is 3.85. The van der Waals surface area contributed by atoms with E-state index in [-0.39, 0.29) is 0 Å². The average molecular weight is 318 g/mol. The van der Waals surface area contributed by atoms with Crippen molar-refractivity contribution in [2.75, 3.05) is 33.2 Å². The van der Waals surface area contributed by atoms with Gasteiger partial charge in [-0.3, -0.25) is 9.89 Å². The smallest absolute Gasteiger partial charge is 0.403 e. The molecule has 1 N–H and O–H groups in total. The summed E-state index contributed by atoms with van der Waals surface area (Å²) >= 11 is 0. The molecule has 1 aromatic rings. The Morgan fingerprint density at radius 1 is 1.36 bits per heavy atom. The summed E-state index contributed by atoms with van der Waals surface area (Å²) in [5.74, 6) is 1.46. The molecule has 0 aromatic carbocycles. The van der Waals surface area contributed by atoms with Crippen LogP contribution in [0.4, 0.5) is 13.2 Å². The molecule has 1 unspecified atom stereocenters. The fourth-order valence-corrected chi connectivity index (χ4v) is 2.44. The van der Waals surface area contributed by atoms with Gasteiger partial charge in [-0.2, -0.15) is 13.2 Å². The Bertz CT molecular complexity index is 479. The molecular weight excluding hydrogens is 297 g/mol. The van der Waals surface area contributed by atoms with Crippen LogP contribution in [-0.2, 0) is 6.54 Å². The van der Waals surface area contributed by atoms with E-state index in [4.69, 9.17) is 4.42 Å². The fraction of sp³-hybridized carbons (Fsp3) is 0.643. The zero-order valence-corrected chi connectivity index (χ0v) is 12.7. The monoisotopic (exact) mass is 318 g/mol. The molecule has 0 bridgehead atoms. The SMILES string of the molecule is CN=C(NCc1ccco1)N1CCN(C(C)C(F)(F)F)CC1. The molecule has 0 radical (unpaired) electrons. The largest absolute Gasteiger partial charge is 0.467 e. The summed E-state index contributed by atoms with van der Waals surface area (Å²) in [6.07, 6.45) is -2.58. The second-order valence-electron chi connectivity index (χ2n) is 5.22. The molecule has 2 rings (SSSR count). The van der Waals surface area contributed by atoms with E-state index in [0.29, 0.717) is 38.7 Å². The van der Waals surface area contributed by atoms with Gasteiger partial charge >= 0.3 is 6.18 Å². The van der Waals surface area contributed by atoms with Crippen LogP contribution in [0.5, 0.6) is 0 Å². The molecule has 0 amide bonds. The Hall–Kier alpha value is -1.70. The van der Waals surface area contributed by atoms with E-state index < -0.39 is 12.2 Å². The Labute approximate surface area is 127 Å². The van der Waals surface area contributed by atoms with E-state index >= 15 is 0 Å². The van der Waals surface area contributed by atoms with Gasteiger partial charge in [0, 0.05) is 33.2 Å². The van der Waals surface area contributed by atoms with Gasteiger partial charge in [-0.15, -0.1) is 0 Å². The number of hydrogen-bond donors (Lipinski definition) is 1. The lowest BCUT2D eigenvalue weighted by atomic mass is 10.2. The van der Waals surface area contributed by atoms with E-state index in [1.165, 1.54) is 11.8 Å². The number of guanidine groups is 1. The number of nitrogens with zero attached hydrogens (tertiary/aromatic N) is 3. The highest BCUT2D eigenvalue weighted by Crippen LogP contribution is 2.25. The van der Waals surface area contributed by atoms with Crippen LogP contribution in [0.25, 0.3) is 0 Å². The van der Waals surface area contributed by atoms with Crippen LogP contribution >= 0.6 is 0 Å². The molecule has 1 aliphatic heterocycles. The molecule has 0 aliphatic carbocycles. The third-order valence-electron chi connectivity index (χ3n) is 3.85. The number of rotatable bonds is 3. The molecule has 8 heteroatoms. The summed E-state index contributed by atoms with van der Waals surface area (Å²) in [4.78, 5) is 7.59. The minimum atomic E-state index is -4.18. The predicted octanol–water partition coefficient (Wildman–Crippen LogP) is 1.92. The van der Waals surface area contributed by atoms with Crippen LogP contribution in [0.3, 0.4) is 0 Å². The van der Waals surface area contributed by atoms with Crippen molar-refractivity contribution in [2.45, 2.75) is 25.7 Å². The highest BCUT2D eigenvalue weighted by Gasteiger charge is 2.41. The number of furan rings is 1. The lowest BCUT2D eigenvalue weighted by molar-refractivity contribution is -0.181. The van der Waals surface area contributed by atoms with Crippen molar-refractivity contribution < 1.29 is 17.6 Å². The summed E-state index contributed by atoms with van der Waals surface area (Å²) < 4.78 is 43.4. The minimum absolute atomic E-state index is 0.363. The fourth-order valence-electron chi connectivity index (χ4n) is 2.44. The van der Waals surface area contributed by atoms with E-state index in [1.807, 2.05) is 11.0 Å². The lowest BCUT2D eigenvalue weighted by Crippen LogP contribution is -2.56. The Morgan fingerprint density at radius 3 is 2.55 bits per heavy atom. The zero-order valence-electron chi connectivity index (χ0n) is 12.7. The van der Waals surface area contributed by atoms with Crippen LogP contribution < -0.4 is 5.32 Å². The lowest BCUT2D eigenvalue weighted by Gasteiger charge is -2.39. The van der Waals surface area contributed by atoms with E-state index in [1.54, 1.807) is 19.4 Å². The summed E-state index contributed by atoms with van der Waals surface area (Å²) in [5.41, 5.74) is 0. The predicted molar refractivity (Wildman–Crippen MR) is 77.6 cm³/mol. The Morgan fingerprint density at radius 2 is 2.05 bits per heavy atom. The van der Waals surface area contributed by atoms with Crippen molar-refractivity contribution in [3.8, 4) is 0 Å². The first-order valence-electron chi connectivity index (χ1n) is 7.20. The maximum atomic E-state index is 12.7. The van der Waals surface area contributed by atoms with Crippen molar-refractivity contribution in [2.24, 2.45) is 4.99 Å². The van der Waals surface area contributed by atoms with Crippen molar-refractivity contribution in [3.05, 3.63) is 24.2 Å². The first-order chi connectivity index (χ1) is 10.4. The van der Waals surface area contributed by atoms with Crippen LogP contribution in [0, 0.1) is 0 Å². The molecule has 124 valence electrons. The van der Waals surface area contributed by atoms with Crippen molar-refractivity contribution in [1.29, 1.82) is 0 Å². The summed E-state index contributed by atoms with van der Waals surface area (Å²) in [6.45, 7) is 3.46. The maximum Gasteiger partial charge on any atom is 0.403 e. The minimum Gasteiger partial charge on any atom is -0.467 e. The average Bonchev–Trinajstić information content (AvgIpc) is 3.00. The molecular formula is C14H21F3N4O. The van der Waals surface area contributed by atoms with Gasteiger partial charge in [0.1, 0.15) is 11.8 Å². The van der Waals surface area contributed by atoms with E-state index in [0.717, 1.165) is 5.76 Å². The van der Waals surface area contributed by atoms with Gasteiger partial charge in [-0.25, -0.2) is 0 Å². The first-order valence-corrected chi connectivity index (χ1v) is 7.20. The molecule has 1 atom stereocenters. The Balaban J connectivity index is 1.84. The van der Waals surface area contributed by atoms with Crippen molar-refractivity contribution >= 4 is 5.96 Å². The summed E-state index contributed by atoms with van der Waals surface area (Å²) in [5, 5.41) is 3.16. The van der Waals surface area contributed by atoms with Gasteiger partial charge in [0.25, 0.3) is 0 Å². The normalized spacial score (nSPS) is 19.3. The number of hydrogen-bond acceptors (Lipinski definition) is 3. The quantitative estimate of drug-likeness (QED) is 0.683. The molecule has 1 fully saturated rings. The van der Waals surface area contributed by atoms with Gasteiger partial charge in [-0.1, -0.05) is 0 Å². The highest BCUT2D eigenvalue weighted by molar-refractivity contribution is 5.79. The molecule has 0 saturated carbocycles. The van der Waals surface area contributed by atoms with Gasteiger partial charge in [-0.05, 0) is 19.1 Å². The van der Waals surface area contributed by atoms with Crippen LogP contribution in [0.15, 0.2) is 27.8 Å². The van der Waals surface area contributed by atoms with Gasteiger partial charge < -0.3 is 14.6 Å². The number of aliphatic imine (C=N–C) groups is 1. The van der Waals surface area contributed by atoms with Crippen molar-refractivity contribution in [1.82, 2.24) is 15.1 Å². The molecule has 22 heavy (non-hydrogen) atoms. The molecule has 2 heterocycles. The topological polar surface area (TPSA) is 44.0 Å². The summed E-state index contributed by atoms with van der Waals surface area (Å²) in [7, 11) is 1.66. The number of halogens is 3. The first kappa shape index (κ1) is 16.7. The molecule has 1 aromatic heterocycles. The van der Waals surface area contributed by atoms with Crippen LogP contribution in [-0.4, -0.2) is 61.2 Å². The standard InChI is InChI=1S/C14H21F3N4O/c1-11(14(15,16)17)20-5-7-21(8-6-20)13(18-2)19-10-12-4-3-9-22-12/h3-4,9,11H,5-8,10H2,1-2H3,(H,18,19). The third kappa shape index (κ3) is 4.16. The van der Waals surface area contributed by atoms with E-state index in [2.05, 4.69) is 10.3 Å². The summed E-state index contributed by atoms with van der Waals surface area (Å²) in [6, 6.07) is 2.24. The number of nitrogens with one attached hydrogen (secondary N) is 1. The Kier molecular flexibility index (Phi) is 5.33.